The summed E-state index contributed by atoms with van der Waals surface area (Å²) in [5, 5.41) is 0. The molecule has 0 saturated heterocycles. The van der Waals surface area contributed by atoms with Crippen molar-refractivity contribution in [3.05, 3.63) is 58.4 Å². The first kappa shape index (κ1) is 21.0. The van der Waals surface area contributed by atoms with Crippen molar-refractivity contribution >= 4 is 23.8 Å². The fourth-order valence-electron chi connectivity index (χ4n) is 2.78. The molecule has 1 atom stereocenters. The van der Waals surface area contributed by atoms with Gasteiger partial charge < -0.3 is 19.2 Å². The fourth-order valence-corrected chi connectivity index (χ4v) is 2.78. The van der Waals surface area contributed by atoms with Gasteiger partial charge in [0.1, 0.15) is 5.75 Å². The van der Waals surface area contributed by atoms with Gasteiger partial charge in [0, 0.05) is 11.8 Å². The van der Waals surface area contributed by atoms with Crippen LogP contribution in [-0.4, -0.2) is 43.0 Å². The van der Waals surface area contributed by atoms with Crippen LogP contribution in [-0.2, 0) is 14.3 Å². The maximum Gasteiger partial charge on any atom is 0.339 e. The number of rotatable bonds is 7. The maximum atomic E-state index is 12.6. The van der Waals surface area contributed by atoms with Crippen molar-refractivity contribution < 1.29 is 28.6 Å². The number of aromatic amines is 1. The summed E-state index contributed by atoms with van der Waals surface area (Å²) in [5.41, 5.74) is 2.26. The third-order valence-electron chi connectivity index (χ3n) is 4.24. The van der Waals surface area contributed by atoms with E-state index in [9.17, 15) is 14.4 Å². The van der Waals surface area contributed by atoms with Gasteiger partial charge in [-0.3, -0.25) is 4.79 Å². The molecule has 0 aliphatic carbocycles. The van der Waals surface area contributed by atoms with Gasteiger partial charge in [-0.2, -0.15) is 0 Å². The highest BCUT2D eigenvalue weighted by Crippen LogP contribution is 2.21. The second-order valence-corrected chi connectivity index (χ2v) is 6.17. The van der Waals surface area contributed by atoms with Crippen LogP contribution in [0.3, 0.4) is 0 Å². The molecule has 2 aromatic rings. The minimum Gasteiger partial charge on any atom is -0.497 e. The number of hydrogen-bond donors (Lipinski definition) is 1. The van der Waals surface area contributed by atoms with Crippen LogP contribution in [0.25, 0.3) is 6.08 Å². The van der Waals surface area contributed by atoms with E-state index < -0.39 is 23.8 Å². The van der Waals surface area contributed by atoms with Crippen LogP contribution in [0.4, 0.5) is 0 Å². The maximum absolute atomic E-state index is 12.6. The molecule has 2 rings (SSSR count). The van der Waals surface area contributed by atoms with Crippen LogP contribution >= 0.6 is 0 Å². The minimum absolute atomic E-state index is 0.218. The second-order valence-electron chi connectivity index (χ2n) is 6.17. The number of aromatic nitrogens is 1. The molecule has 0 spiro atoms. The first-order valence-electron chi connectivity index (χ1n) is 8.63. The number of benzene rings is 1. The molecule has 7 nitrogen and oxygen atoms in total. The highest BCUT2D eigenvalue weighted by Gasteiger charge is 2.26. The normalized spacial score (nSPS) is 11.9. The summed E-state index contributed by atoms with van der Waals surface area (Å²) in [6.07, 6.45) is 1.79. The van der Waals surface area contributed by atoms with Crippen molar-refractivity contribution in [2.75, 3.05) is 14.2 Å². The van der Waals surface area contributed by atoms with E-state index in [1.165, 1.54) is 20.1 Å². The summed E-state index contributed by atoms with van der Waals surface area (Å²) >= 11 is 0. The molecule has 1 aromatic carbocycles. The first-order valence-corrected chi connectivity index (χ1v) is 8.63. The van der Waals surface area contributed by atoms with Crippen LogP contribution < -0.4 is 4.74 Å². The molecule has 0 fully saturated rings. The molecule has 0 amide bonds. The minimum atomic E-state index is -1.02. The first-order chi connectivity index (χ1) is 13.3. The Labute approximate surface area is 163 Å². The molecule has 7 heteroatoms. The van der Waals surface area contributed by atoms with E-state index in [1.54, 1.807) is 51.3 Å². The summed E-state index contributed by atoms with van der Waals surface area (Å²) in [4.78, 5) is 39.4. The van der Waals surface area contributed by atoms with Gasteiger partial charge >= 0.3 is 11.9 Å². The largest absolute Gasteiger partial charge is 0.497 e. The quantitative estimate of drug-likeness (QED) is 0.447. The molecule has 1 N–H and O–H groups in total. The SMILES string of the molecule is COC(=O)c1c(C)[nH]c(C(=O)[C@@H](C)OC(=O)/C=C/c2cccc(OC)c2)c1C. The van der Waals surface area contributed by atoms with Crippen molar-refractivity contribution in [2.24, 2.45) is 0 Å². The van der Waals surface area contributed by atoms with Gasteiger partial charge in [-0.05, 0) is 50.1 Å². The average Bonchev–Trinajstić information content (AvgIpc) is 2.99. The summed E-state index contributed by atoms with van der Waals surface area (Å²) in [6.45, 7) is 4.79. The Morgan fingerprint density at radius 1 is 1.14 bits per heavy atom. The molecule has 0 aliphatic rings. The Morgan fingerprint density at radius 3 is 2.50 bits per heavy atom. The van der Waals surface area contributed by atoms with Crippen molar-refractivity contribution in [3.63, 3.8) is 0 Å². The van der Waals surface area contributed by atoms with Crippen molar-refractivity contribution in [1.29, 1.82) is 0 Å². The highest BCUT2D eigenvalue weighted by atomic mass is 16.5. The second kappa shape index (κ2) is 9.03. The molecule has 0 unspecified atom stereocenters. The molecule has 1 aromatic heterocycles. The van der Waals surface area contributed by atoms with Gasteiger partial charge in [-0.1, -0.05) is 12.1 Å². The highest BCUT2D eigenvalue weighted by molar-refractivity contribution is 6.04. The van der Waals surface area contributed by atoms with Gasteiger partial charge in [0.25, 0.3) is 0 Å². The number of Topliss-reactive ketones (excluding diaryl/α,β-unsaturated/α-hetero) is 1. The Morgan fingerprint density at radius 2 is 1.86 bits per heavy atom. The van der Waals surface area contributed by atoms with Crippen LogP contribution in [0.1, 0.15) is 44.6 Å². The van der Waals surface area contributed by atoms with Gasteiger partial charge in [0.05, 0.1) is 25.5 Å². The van der Waals surface area contributed by atoms with Crippen molar-refractivity contribution in [2.45, 2.75) is 26.9 Å². The van der Waals surface area contributed by atoms with Crippen molar-refractivity contribution in [3.8, 4) is 5.75 Å². The van der Waals surface area contributed by atoms with Crippen molar-refractivity contribution in [1.82, 2.24) is 4.98 Å². The third-order valence-corrected chi connectivity index (χ3v) is 4.24. The van der Waals surface area contributed by atoms with Crippen LogP contribution in [0, 0.1) is 13.8 Å². The number of aryl methyl sites for hydroxylation is 1. The molecular weight excluding hydrogens is 362 g/mol. The summed E-state index contributed by atoms with van der Waals surface area (Å²) in [5.74, 6) is -0.953. The standard InChI is InChI=1S/C21H23NO6/c1-12-18(21(25)27-5)13(2)22-19(12)20(24)14(3)28-17(23)10-9-15-7-6-8-16(11-15)26-4/h6-11,14,22H,1-5H3/b10-9+/t14-/m1/s1. The Bertz CT molecular complexity index is 925. The molecule has 148 valence electrons. The number of hydrogen-bond acceptors (Lipinski definition) is 6. The Kier molecular flexibility index (Phi) is 6.76. The van der Waals surface area contributed by atoms with E-state index in [0.717, 1.165) is 5.56 Å². The Balaban J connectivity index is 2.09. The summed E-state index contributed by atoms with van der Waals surface area (Å²) < 4.78 is 15.0. The number of ketones is 1. The van der Waals surface area contributed by atoms with E-state index in [4.69, 9.17) is 14.2 Å². The lowest BCUT2D eigenvalue weighted by molar-refractivity contribution is -0.140. The van der Waals surface area contributed by atoms with E-state index in [0.29, 0.717) is 22.6 Å². The summed E-state index contributed by atoms with van der Waals surface area (Å²) in [7, 11) is 2.83. The number of carbonyl (C=O) groups excluding carboxylic acids is 3. The topological polar surface area (TPSA) is 94.7 Å². The zero-order valence-corrected chi connectivity index (χ0v) is 16.5. The van der Waals surface area contributed by atoms with E-state index >= 15 is 0 Å². The lowest BCUT2D eigenvalue weighted by atomic mass is 10.1. The molecule has 0 saturated carbocycles. The van der Waals surface area contributed by atoms with E-state index in [1.807, 2.05) is 0 Å². The zero-order chi connectivity index (χ0) is 20.8. The number of methoxy groups -OCH3 is 2. The monoisotopic (exact) mass is 385 g/mol. The zero-order valence-electron chi connectivity index (χ0n) is 16.5. The van der Waals surface area contributed by atoms with Crippen LogP contribution in [0.5, 0.6) is 5.75 Å². The van der Waals surface area contributed by atoms with Gasteiger partial charge in [-0.25, -0.2) is 9.59 Å². The summed E-state index contributed by atoms with van der Waals surface area (Å²) in [6, 6.07) is 7.16. The smallest absolute Gasteiger partial charge is 0.339 e. The molecular formula is C21H23NO6. The fraction of sp³-hybridized carbons (Fsp3) is 0.286. The number of esters is 2. The van der Waals surface area contributed by atoms with Crippen LogP contribution in [0.2, 0.25) is 0 Å². The number of nitrogens with one attached hydrogen (secondary N) is 1. The lowest BCUT2D eigenvalue weighted by Gasteiger charge is -2.10. The number of ether oxygens (including phenoxy) is 3. The average molecular weight is 385 g/mol. The third kappa shape index (κ3) is 4.68. The van der Waals surface area contributed by atoms with E-state index in [-0.39, 0.29) is 5.69 Å². The molecule has 1 heterocycles. The predicted molar refractivity (Wildman–Crippen MR) is 104 cm³/mol. The molecule has 28 heavy (non-hydrogen) atoms. The molecule has 0 bridgehead atoms. The Hall–Kier alpha value is -3.35. The van der Waals surface area contributed by atoms with Crippen LogP contribution in [0.15, 0.2) is 30.3 Å². The number of carbonyl (C=O) groups is 3. The van der Waals surface area contributed by atoms with Gasteiger partial charge in [-0.15, -0.1) is 0 Å². The van der Waals surface area contributed by atoms with Gasteiger partial charge in [0.2, 0.25) is 5.78 Å². The molecule has 0 aliphatic heterocycles. The van der Waals surface area contributed by atoms with E-state index in [2.05, 4.69) is 4.98 Å². The number of H-pyrrole nitrogens is 1. The molecule has 0 radical (unpaired) electrons. The predicted octanol–water partition coefficient (Wildman–Crippen LogP) is 3.25. The van der Waals surface area contributed by atoms with Gasteiger partial charge in [0.15, 0.2) is 6.10 Å². The lowest BCUT2D eigenvalue weighted by Crippen LogP contribution is -2.24.